The van der Waals surface area contributed by atoms with Gasteiger partial charge in [0.05, 0.1) is 12.7 Å². The maximum atomic E-state index is 9.40. The van der Waals surface area contributed by atoms with E-state index in [1.54, 1.807) is 0 Å². The number of likely N-dealkylation sites (N-methyl/N-ethyl adjacent to an activating group) is 1. The lowest BCUT2D eigenvalue weighted by molar-refractivity contribution is 0.0102. The van der Waals surface area contributed by atoms with Gasteiger partial charge in [-0.25, -0.2) is 0 Å². The van der Waals surface area contributed by atoms with Crippen LogP contribution in [0.4, 0.5) is 0 Å². The lowest BCUT2D eigenvalue weighted by Crippen LogP contribution is -2.45. The fourth-order valence-corrected chi connectivity index (χ4v) is 2.89. The number of aliphatic hydroxyl groups excluding tert-OH is 1. The first-order valence-electron chi connectivity index (χ1n) is 7.57. The largest absolute Gasteiger partial charge is 0.394 e. The summed E-state index contributed by atoms with van der Waals surface area (Å²) in [5.74, 6) is 0.827. The zero-order valence-corrected chi connectivity index (χ0v) is 12.4. The average Bonchev–Trinajstić information content (AvgIpc) is 2.35. The fourth-order valence-electron chi connectivity index (χ4n) is 2.89. The number of hydrogen-bond acceptors (Lipinski definition) is 3. The molecule has 0 aromatic rings. The molecule has 1 aliphatic carbocycles. The maximum Gasteiger partial charge on any atom is 0.0610 e. The Hall–Kier alpha value is -0.120. The molecule has 0 saturated heterocycles. The highest BCUT2D eigenvalue weighted by atomic mass is 16.5. The molecule has 0 aliphatic heterocycles. The summed E-state index contributed by atoms with van der Waals surface area (Å²) in [6.07, 6.45) is 7.61. The van der Waals surface area contributed by atoms with E-state index >= 15 is 0 Å². The SMILES string of the molecule is CCNC(C)(CO)CCCOC1CCCC(C)C1. The minimum atomic E-state index is -0.141. The molecule has 0 aromatic heterocycles. The zero-order valence-electron chi connectivity index (χ0n) is 12.4. The molecule has 1 fully saturated rings. The van der Waals surface area contributed by atoms with Crippen molar-refractivity contribution >= 4 is 0 Å². The Morgan fingerprint density at radius 1 is 1.39 bits per heavy atom. The Labute approximate surface area is 112 Å². The van der Waals surface area contributed by atoms with E-state index in [1.165, 1.54) is 25.7 Å². The standard InChI is InChI=1S/C15H31NO2/c1-4-16-15(3,12-17)9-6-10-18-14-8-5-7-13(2)11-14/h13-14,16-17H,4-12H2,1-3H3. The second-order valence-electron chi connectivity index (χ2n) is 6.12. The van der Waals surface area contributed by atoms with Crippen LogP contribution in [-0.4, -0.2) is 36.5 Å². The summed E-state index contributed by atoms with van der Waals surface area (Å²) >= 11 is 0. The minimum Gasteiger partial charge on any atom is -0.394 e. The van der Waals surface area contributed by atoms with Gasteiger partial charge in [0.1, 0.15) is 0 Å². The molecule has 1 rings (SSSR count). The molecule has 0 aromatic carbocycles. The summed E-state index contributed by atoms with van der Waals surface area (Å²) in [5, 5.41) is 12.7. The van der Waals surface area contributed by atoms with Crippen LogP contribution in [0.5, 0.6) is 0 Å². The lowest BCUT2D eigenvalue weighted by atomic mass is 9.89. The molecule has 0 radical (unpaired) electrons. The van der Waals surface area contributed by atoms with Crippen molar-refractivity contribution in [2.75, 3.05) is 19.8 Å². The highest BCUT2D eigenvalue weighted by molar-refractivity contribution is 4.81. The van der Waals surface area contributed by atoms with Crippen LogP contribution >= 0.6 is 0 Å². The molecule has 0 spiro atoms. The van der Waals surface area contributed by atoms with Crippen molar-refractivity contribution in [2.24, 2.45) is 5.92 Å². The van der Waals surface area contributed by atoms with E-state index in [4.69, 9.17) is 4.74 Å². The van der Waals surface area contributed by atoms with Crippen LogP contribution in [0.2, 0.25) is 0 Å². The number of rotatable bonds is 8. The van der Waals surface area contributed by atoms with Gasteiger partial charge in [-0.15, -0.1) is 0 Å². The van der Waals surface area contributed by atoms with Gasteiger partial charge in [-0.05, 0) is 45.1 Å². The summed E-state index contributed by atoms with van der Waals surface area (Å²) < 4.78 is 5.96. The molecule has 0 heterocycles. The van der Waals surface area contributed by atoms with Gasteiger partial charge in [-0.3, -0.25) is 0 Å². The molecule has 0 bridgehead atoms. The molecule has 3 unspecified atom stereocenters. The quantitative estimate of drug-likeness (QED) is 0.657. The van der Waals surface area contributed by atoms with Gasteiger partial charge in [0, 0.05) is 12.1 Å². The van der Waals surface area contributed by atoms with E-state index in [-0.39, 0.29) is 12.1 Å². The first kappa shape index (κ1) is 15.9. The van der Waals surface area contributed by atoms with Gasteiger partial charge in [0.15, 0.2) is 0 Å². The van der Waals surface area contributed by atoms with Gasteiger partial charge >= 0.3 is 0 Å². The van der Waals surface area contributed by atoms with Crippen LogP contribution in [0.1, 0.15) is 59.3 Å². The van der Waals surface area contributed by atoms with Crippen molar-refractivity contribution in [3.05, 3.63) is 0 Å². The summed E-state index contributed by atoms with van der Waals surface area (Å²) in [6.45, 7) is 8.41. The van der Waals surface area contributed by atoms with Gasteiger partial charge in [-0.1, -0.05) is 26.7 Å². The fraction of sp³-hybridized carbons (Fsp3) is 1.00. The summed E-state index contributed by atoms with van der Waals surface area (Å²) in [5.41, 5.74) is -0.141. The van der Waals surface area contributed by atoms with E-state index in [9.17, 15) is 5.11 Å². The predicted molar refractivity (Wildman–Crippen MR) is 75.8 cm³/mol. The molecular formula is C15H31NO2. The Morgan fingerprint density at radius 2 is 2.17 bits per heavy atom. The van der Waals surface area contributed by atoms with Gasteiger partial charge in [0.2, 0.25) is 0 Å². The van der Waals surface area contributed by atoms with Crippen molar-refractivity contribution in [2.45, 2.75) is 70.9 Å². The van der Waals surface area contributed by atoms with E-state index < -0.39 is 0 Å². The molecule has 1 aliphatic rings. The maximum absolute atomic E-state index is 9.40. The van der Waals surface area contributed by atoms with Crippen molar-refractivity contribution < 1.29 is 9.84 Å². The minimum absolute atomic E-state index is 0.141. The molecule has 18 heavy (non-hydrogen) atoms. The van der Waals surface area contributed by atoms with Crippen LogP contribution in [0, 0.1) is 5.92 Å². The summed E-state index contributed by atoms with van der Waals surface area (Å²) in [6, 6.07) is 0. The number of ether oxygens (including phenoxy) is 1. The third kappa shape index (κ3) is 5.68. The number of hydrogen-bond donors (Lipinski definition) is 2. The highest BCUT2D eigenvalue weighted by Gasteiger charge is 2.22. The lowest BCUT2D eigenvalue weighted by Gasteiger charge is -2.30. The highest BCUT2D eigenvalue weighted by Crippen LogP contribution is 2.26. The van der Waals surface area contributed by atoms with Crippen molar-refractivity contribution in [3.63, 3.8) is 0 Å². The zero-order chi connectivity index (χ0) is 13.4. The molecule has 3 atom stereocenters. The topological polar surface area (TPSA) is 41.5 Å². The predicted octanol–water partition coefficient (Wildman–Crippen LogP) is 2.72. The first-order valence-corrected chi connectivity index (χ1v) is 7.57. The summed E-state index contributed by atoms with van der Waals surface area (Å²) in [7, 11) is 0. The van der Waals surface area contributed by atoms with Crippen LogP contribution in [-0.2, 0) is 4.74 Å². The Bertz CT molecular complexity index is 223. The normalized spacial score (nSPS) is 28.0. The van der Waals surface area contributed by atoms with E-state index in [2.05, 4.69) is 26.1 Å². The van der Waals surface area contributed by atoms with Gasteiger partial charge in [-0.2, -0.15) is 0 Å². The third-order valence-corrected chi connectivity index (χ3v) is 4.07. The molecular weight excluding hydrogens is 226 g/mol. The van der Waals surface area contributed by atoms with Gasteiger partial charge in [0.25, 0.3) is 0 Å². The monoisotopic (exact) mass is 257 g/mol. The Kier molecular flexibility index (Phi) is 7.20. The van der Waals surface area contributed by atoms with Crippen molar-refractivity contribution in [3.8, 4) is 0 Å². The van der Waals surface area contributed by atoms with Crippen LogP contribution in [0.15, 0.2) is 0 Å². The average molecular weight is 257 g/mol. The second kappa shape index (κ2) is 8.13. The molecule has 2 N–H and O–H groups in total. The van der Waals surface area contributed by atoms with Crippen molar-refractivity contribution in [1.82, 2.24) is 5.32 Å². The third-order valence-electron chi connectivity index (χ3n) is 4.07. The molecule has 108 valence electrons. The molecule has 0 amide bonds. The smallest absolute Gasteiger partial charge is 0.0610 e. The van der Waals surface area contributed by atoms with Crippen LogP contribution in [0.3, 0.4) is 0 Å². The summed E-state index contributed by atoms with van der Waals surface area (Å²) in [4.78, 5) is 0. The Balaban J connectivity index is 2.13. The van der Waals surface area contributed by atoms with Gasteiger partial charge < -0.3 is 15.2 Å². The second-order valence-corrected chi connectivity index (χ2v) is 6.12. The molecule has 3 nitrogen and oxygen atoms in total. The van der Waals surface area contributed by atoms with E-state index in [1.807, 2.05) is 0 Å². The van der Waals surface area contributed by atoms with E-state index in [0.29, 0.717) is 6.10 Å². The van der Waals surface area contributed by atoms with E-state index in [0.717, 1.165) is 31.9 Å². The molecule has 1 saturated carbocycles. The molecule has 3 heteroatoms. The van der Waals surface area contributed by atoms with Crippen LogP contribution < -0.4 is 5.32 Å². The Morgan fingerprint density at radius 3 is 2.78 bits per heavy atom. The van der Waals surface area contributed by atoms with Crippen molar-refractivity contribution in [1.29, 1.82) is 0 Å². The first-order chi connectivity index (χ1) is 8.59. The van der Waals surface area contributed by atoms with Crippen LogP contribution in [0.25, 0.3) is 0 Å². The number of nitrogens with one attached hydrogen (secondary N) is 1. The number of aliphatic hydroxyl groups is 1.